The highest BCUT2D eigenvalue weighted by Crippen LogP contribution is 2.60. The van der Waals surface area contributed by atoms with Crippen molar-refractivity contribution in [1.29, 1.82) is 0 Å². The molecule has 3 N–H and O–H groups in total. The van der Waals surface area contributed by atoms with Gasteiger partial charge in [0.15, 0.2) is 0 Å². The number of nitrogens with zero attached hydrogens (tertiary/aromatic N) is 1. The lowest BCUT2D eigenvalue weighted by Gasteiger charge is -2.58. The van der Waals surface area contributed by atoms with Crippen LogP contribution >= 0.6 is 11.3 Å². The molecule has 1 aromatic carbocycles. The largest absolute Gasteiger partial charge is 0.508 e. The van der Waals surface area contributed by atoms with E-state index in [1.165, 1.54) is 22.5 Å². The predicted octanol–water partition coefficient (Wildman–Crippen LogP) is 3.49. The summed E-state index contributed by atoms with van der Waals surface area (Å²) in [7, 11) is 0. The first kappa shape index (κ1) is 17.0. The second-order valence-electron chi connectivity index (χ2n) is 7.94. The molecule has 4 atom stereocenters. The summed E-state index contributed by atoms with van der Waals surface area (Å²) in [5.41, 5.74) is -0.337. The van der Waals surface area contributed by atoms with Crippen molar-refractivity contribution in [3.05, 3.63) is 45.9 Å². The molecule has 1 aromatic heterocycles. The number of rotatable bonds is 2. The van der Waals surface area contributed by atoms with Gasteiger partial charge in [0.2, 0.25) is 0 Å². The van der Waals surface area contributed by atoms with Gasteiger partial charge in [0, 0.05) is 17.0 Å². The first-order valence-electron chi connectivity index (χ1n) is 8.99. The van der Waals surface area contributed by atoms with Crippen LogP contribution in [0.25, 0.3) is 0 Å². The molecule has 0 radical (unpaired) electrons. The van der Waals surface area contributed by atoms with Gasteiger partial charge in [-0.15, -0.1) is 11.3 Å². The third-order valence-electron chi connectivity index (χ3n) is 6.68. The average molecular weight is 359 g/mol. The number of hydrogen-bond acceptors (Lipinski definition) is 5. The molecular weight excluding hydrogens is 334 g/mol. The molecule has 0 bridgehead atoms. The zero-order valence-corrected chi connectivity index (χ0v) is 15.5. The Morgan fingerprint density at radius 1 is 1.32 bits per heavy atom. The van der Waals surface area contributed by atoms with Crippen LogP contribution in [0.4, 0.5) is 0 Å². The zero-order valence-electron chi connectivity index (χ0n) is 14.7. The summed E-state index contributed by atoms with van der Waals surface area (Å²) in [4.78, 5) is 4.32. The molecule has 1 saturated carbocycles. The van der Waals surface area contributed by atoms with Crippen LogP contribution in [0.1, 0.15) is 55.7 Å². The summed E-state index contributed by atoms with van der Waals surface area (Å²) in [5.74, 6) is 0.578. The highest BCUT2D eigenvalue weighted by molar-refractivity contribution is 7.09. The molecule has 0 spiro atoms. The highest BCUT2D eigenvalue weighted by atomic mass is 32.1. The summed E-state index contributed by atoms with van der Waals surface area (Å²) in [6.07, 6.45) is 5.45. The second kappa shape index (κ2) is 5.53. The Kier molecular flexibility index (Phi) is 3.76. The number of phenols is 1. The Labute approximate surface area is 152 Å². The molecule has 2 aromatic rings. The highest BCUT2D eigenvalue weighted by Gasteiger charge is 2.61. The minimum absolute atomic E-state index is 0.172. The molecule has 5 heteroatoms. The number of aromatic hydroxyl groups is 1. The van der Waals surface area contributed by atoms with Crippen LogP contribution < -0.4 is 0 Å². The number of benzene rings is 1. The van der Waals surface area contributed by atoms with Crippen molar-refractivity contribution in [2.45, 2.75) is 62.6 Å². The van der Waals surface area contributed by atoms with Crippen LogP contribution in [0.2, 0.25) is 0 Å². The van der Waals surface area contributed by atoms with Crippen molar-refractivity contribution in [2.75, 3.05) is 0 Å². The van der Waals surface area contributed by atoms with E-state index in [0.29, 0.717) is 23.6 Å². The van der Waals surface area contributed by atoms with Gasteiger partial charge in [0.05, 0.1) is 5.60 Å². The van der Waals surface area contributed by atoms with E-state index in [0.717, 1.165) is 19.3 Å². The molecular formula is C20H25NO3S. The van der Waals surface area contributed by atoms with Crippen LogP contribution in [0.15, 0.2) is 29.8 Å². The van der Waals surface area contributed by atoms with Crippen molar-refractivity contribution in [3.8, 4) is 5.75 Å². The smallest absolute Gasteiger partial charge is 0.144 e. The third kappa shape index (κ3) is 2.29. The average Bonchev–Trinajstić information content (AvgIpc) is 3.10. The van der Waals surface area contributed by atoms with E-state index in [1.54, 1.807) is 19.2 Å². The monoisotopic (exact) mass is 359 g/mol. The number of aryl methyl sites for hydroxylation is 1. The number of phenolic OH excluding ortho intramolecular Hbond substituents is 1. The van der Waals surface area contributed by atoms with Crippen molar-refractivity contribution in [1.82, 2.24) is 4.98 Å². The Morgan fingerprint density at radius 3 is 2.80 bits per heavy atom. The molecule has 0 saturated heterocycles. The van der Waals surface area contributed by atoms with E-state index in [9.17, 15) is 15.3 Å². The quantitative estimate of drug-likeness (QED) is 0.767. The molecule has 4 rings (SSSR count). The van der Waals surface area contributed by atoms with Crippen molar-refractivity contribution in [2.24, 2.45) is 5.92 Å². The van der Waals surface area contributed by atoms with E-state index in [-0.39, 0.29) is 11.3 Å². The lowest BCUT2D eigenvalue weighted by atomic mass is 9.49. The molecule has 134 valence electrons. The summed E-state index contributed by atoms with van der Waals surface area (Å²) in [6.45, 7) is 3.91. The maximum absolute atomic E-state index is 11.5. The Hall–Kier alpha value is -1.43. The van der Waals surface area contributed by atoms with Crippen molar-refractivity contribution >= 4 is 11.3 Å². The molecule has 25 heavy (non-hydrogen) atoms. The minimum Gasteiger partial charge on any atom is -0.508 e. The molecule has 1 heterocycles. The number of fused-ring (bicyclic) bond motifs is 3. The number of aliphatic hydroxyl groups is 2. The van der Waals surface area contributed by atoms with Crippen molar-refractivity contribution < 1.29 is 15.3 Å². The first-order valence-corrected chi connectivity index (χ1v) is 9.87. The lowest BCUT2D eigenvalue weighted by molar-refractivity contribution is -0.205. The van der Waals surface area contributed by atoms with Gasteiger partial charge in [-0.3, -0.25) is 0 Å². The van der Waals surface area contributed by atoms with E-state index < -0.39 is 11.2 Å². The standard InChI is InChI=1S/C20H25NO3S/c1-3-19-12-18(2,23)20(24,17-21-8-9-25-17)11-14(19)5-4-13-10-15(22)6-7-16(13)19/h6-10,14,22-24H,3-5,11-12H2,1-2H3/t14-,18?,19-,20?/m1/s1. The summed E-state index contributed by atoms with van der Waals surface area (Å²) in [6, 6.07) is 5.62. The van der Waals surface area contributed by atoms with Gasteiger partial charge in [0.25, 0.3) is 0 Å². The van der Waals surface area contributed by atoms with Gasteiger partial charge in [-0.2, -0.15) is 0 Å². The summed E-state index contributed by atoms with van der Waals surface area (Å²) >= 11 is 1.41. The normalized spacial score (nSPS) is 37.4. The first-order chi connectivity index (χ1) is 11.8. The number of thiazole rings is 1. The van der Waals surface area contributed by atoms with Crippen LogP contribution in [0.3, 0.4) is 0 Å². The Morgan fingerprint density at radius 2 is 2.12 bits per heavy atom. The fraction of sp³-hybridized carbons (Fsp3) is 0.550. The molecule has 4 nitrogen and oxygen atoms in total. The molecule has 2 aliphatic carbocycles. The maximum Gasteiger partial charge on any atom is 0.144 e. The SMILES string of the molecule is CC[C@@]12CC(C)(O)C(O)(c3nccs3)C[C@H]1CCc1cc(O)ccc12. The predicted molar refractivity (Wildman–Crippen MR) is 97.8 cm³/mol. The van der Waals surface area contributed by atoms with E-state index in [2.05, 4.69) is 11.9 Å². The molecule has 1 fully saturated rings. The van der Waals surface area contributed by atoms with Gasteiger partial charge in [-0.25, -0.2) is 4.98 Å². The van der Waals surface area contributed by atoms with Crippen LogP contribution in [-0.2, 0) is 17.4 Å². The van der Waals surface area contributed by atoms with Crippen LogP contribution in [-0.4, -0.2) is 25.9 Å². The fourth-order valence-corrected chi connectivity index (χ4v) is 6.19. The minimum atomic E-state index is -1.31. The summed E-state index contributed by atoms with van der Waals surface area (Å²) < 4.78 is 0. The fourth-order valence-electron chi connectivity index (χ4n) is 5.32. The zero-order chi connectivity index (χ0) is 17.9. The third-order valence-corrected chi connectivity index (χ3v) is 7.60. The second-order valence-corrected chi connectivity index (χ2v) is 8.83. The van der Waals surface area contributed by atoms with E-state index >= 15 is 0 Å². The maximum atomic E-state index is 11.5. The topological polar surface area (TPSA) is 73.6 Å². The van der Waals surface area contributed by atoms with E-state index in [4.69, 9.17) is 0 Å². The molecule has 0 amide bonds. The Bertz CT molecular complexity index is 788. The molecule has 2 unspecified atom stereocenters. The Balaban J connectivity index is 1.83. The van der Waals surface area contributed by atoms with Crippen LogP contribution in [0.5, 0.6) is 5.75 Å². The molecule has 2 aliphatic rings. The van der Waals surface area contributed by atoms with Crippen molar-refractivity contribution in [3.63, 3.8) is 0 Å². The lowest BCUT2D eigenvalue weighted by Crippen LogP contribution is -2.62. The van der Waals surface area contributed by atoms with E-state index in [1.807, 2.05) is 17.5 Å². The van der Waals surface area contributed by atoms with Crippen LogP contribution in [0, 0.1) is 5.92 Å². The molecule has 0 aliphatic heterocycles. The number of hydrogen-bond donors (Lipinski definition) is 3. The van der Waals surface area contributed by atoms with Gasteiger partial charge in [-0.1, -0.05) is 13.0 Å². The van der Waals surface area contributed by atoms with Gasteiger partial charge < -0.3 is 15.3 Å². The van der Waals surface area contributed by atoms with Gasteiger partial charge in [-0.05, 0) is 68.2 Å². The summed E-state index contributed by atoms with van der Waals surface area (Å²) in [5, 5.41) is 35.1. The van der Waals surface area contributed by atoms with Gasteiger partial charge in [0.1, 0.15) is 16.4 Å². The van der Waals surface area contributed by atoms with Gasteiger partial charge >= 0.3 is 0 Å². The number of aromatic nitrogens is 1.